The molecular weight excluding hydrogens is 160 g/mol. The van der Waals surface area contributed by atoms with Crippen molar-refractivity contribution < 1.29 is 0 Å². The lowest BCUT2D eigenvalue weighted by molar-refractivity contribution is 0.656. The second-order valence-electron chi connectivity index (χ2n) is 2.62. The molecule has 0 bridgehead atoms. The normalized spacial score (nSPS) is 12.0. The van der Waals surface area contributed by atoms with Gasteiger partial charge in [0.1, 0.15) is 0 Å². The fourth-order valence-corrected chi connectivity index (χ4v) is 1.06. The van der Waals surface area contributed by atoms with E-state index in [-0.39, 0.29) is 6.04 Å². The van der Waals surface area contributed by atoms with Crippen LogP contribution in [0.25, 0.3) is 0 Å². The summed E-state index contributed by atoms with van der Waals surface area (Å²) in [6.07, 6.45) is 7.13. The van der Waals surface area contributed by atoms with Gasteiger partial charge in [-0.3, -0.25) is 4.98 Å². The van der Waals surface area contributed by atoms with Crippen LogP contribution in [0, 0.1) is 0 Å². The molecule has 1 unspecified atom stereocenters. The highest BCUT2D eigenvalue weighted by Gasteiger charge is 2.05. The summed E-state index contributed by atoms with van der Waals surface area (Å²) in [7, 11) is 0. The lowest BCUT2D eigenvalue weighted by Gasteiger charge is -2.10. The molecule has 13 heavy (non-hydrogen) atoms. The molecule has 1 heterocycles. The number of hydrogen-bond donors (Lipinski definition) is 0. The summed E-state index contributed by atoms with van der Waals surface area (Å²) in [4.78, 5) is 4.03. The first-order chi connectivity index (χ1) is 6.38. The van der Waals surface area contributed by atoms with Crippen LogP contribution in [0.5, 0.6) is 0 Å². The van der Waals surface area contributed by atoms with Crippen LogP contribution >= 0.6 is 0 Å². The van der Waals surface area contributed by atoms with E-state index < -0.39 is 0 Å². The van der Waals surface area contributed by atoms with E-state index in [1.165, 1.54) is 0 Å². The van der Waals surface area contributed by atoms with Gasteiger partial charge in [0, 0.05) is 18.9 Å². The van der Waals surface area contributed by atoms with Crippen LogP contribution in [0.15, 0.2) is 49.8 Å². The predicted molar refractivity (Wildman–Crippen MR) is 54.4 cm³/mol. The van der Waals surface area contributed by atoms with Gasteiger partial charge >= 0.3 is 0 Å². The van der Waals surface area contributed by atoms with E-state index in [0.717, 1.165) is 5.56 Å². The van der Waals surface area contributed by atoms with Gasteiger partial charge in [-0.05, 0) is 11.6 Å². The SMILES string of the molecule is C=CC[N]C(C=C)c1cccnc1. The number of nitrogens with zero attached hydrogens (tertiary/aromatic N) is 2. The monoisotopic (exact) mass is 173 g/mol. The highest BCUT2D eigenvalue weighted by atomic mass is 14.9. The quantitative estimate of drug-likeness (QED) is 0.626. The summed E-state index contributed by atoms with van der Waals surface area (Å²) in [5, 5.41) is 4.35. The lowest BCUT2D eigenvalue weighted by Crippen LogP contribution is -2.11. The first kappa shape index (κ1) is 9.68. The molecule has 0 spiro atoms. The Morgan fingerprint density at radius 1 is 1.54 bits per heavy atom. The minimum absolute atomic E-state index is 0.0340. The van der Waals surface area contributed by atoms with Crippen molar-refractivity contribution in [1.82, 2.24) is 10.3 Å². The van der Waals surface area contributed by atoms with Gasteiger partial charge in [-0.2, -0.15) is 0 Å². The molecule has 1 rings (SSSR count). The third kappa shape index (κ3) is 2.84. The fraction of sp³-hybridized carbons (Fsp3) is 0.182. The average molecular weight is 173 g/mol. The molecule has 0 amide bonds. The van der Waals surface area contributed by atoms with Crippen LogP contribution in [0.3, 0.4) is 0 Å². The number of pyridine rings is 1. The zero-order valence-electron chi connectivity index (χ0n) is 7.56. The van der Waals surface area contributed by atoms with E-state index in [0.29, 0.717) is 6.54 Å². The van der Waals surface area contributed by atoms with Crippen molar-refractivity contribution in [3.8, 4) is 0 Å². The molecule has 0 aromatic carbocycles. The topological polar surface area (TPSA) is 27.0 Å². The van der Waals surface area contributed by atoms with Gasteiger partial charge in [-0.1, -0.05) is 18.2 Å². The Kier molecular flexibility index (Phi) is 3.93. The summed E-state index contributed by atoms with van der Waals surface area (Å²) in [6, 6.07) is 3.92. The molecule has 1 radical (unpaired) electrons. The first-order valence-corrected chi connectivity index (χ1v) is 4.18. The van der Waals surface area contributed by atoms with Crippen molar-refractivity contribution in [3.05, 3.63) is 55.4 Å². The van der Waals surface area contributed by atoms with E-state index >= 15 is 0 Å². The number of aromatic nitrogens is 1. The van der Waals surface area contributed by atoms with Crippen LogP contribution in [0.4, 0.5) is 0 Å². The van der Waals surface area contributed by atoms with E-state index in [4.69, 9.17) is 0 Å². The van der Waals surface area contributed by atoms with Crippen LogP contribution in [-0.2, 0) is 0 Å². The van der Waals surface area contributed by atoms with Crippen molar-refractivity contribution >= 4 is 0 Å². The Morgan fingerprint density at radius 2 is 2.38 bits per heavy atom. The summed E-state index contributed by atoms with van der Waals surface area (Å²) >= 11 is 0. The Bertz CT molecular complexity index is 267. The Hall–Kier alpha value is -1.41. The lowest BCUT2D eigenvalue weighted by atomic mass is 10.1. The molecule has 2 heteroatoms. The molecule has 67 valence electrons. The summed E-state index contributed by atoms with van der Waals surface area (Å²) in [5.41, 5.74) is 1.07. The molecule has 0 saturated carbocycles. The third-order valence-corrected chi connectivity index (χ3v) is 1.68. The molecule has 0 aliphatic heterocycles. The maximum Gasteiger partial charge on any atom is 0.0692 e. The van der Waals surface area contributed by atoms with Crippen molar-refractivity contribution in [2.75, 3.05) is 6.54 Å². The van der Waals surface area contributed by atoms with Crippen LogP contribution < -0.4 is 5.32 Å². The molecule has 1 atom stereocenters. The Labute approximate surface area is 79.0 Å². The summed E-state index contributed by atoms with van der Waals surface area (Å²) in [5.74, 6) is 0. The van der Waals surface area contributed by atoms with Crippen LogP contribution in [0.2, 0.25) is 0 Å². The van der Waals surface area contributed by atoms with E-state index in [1.54, 1.807) is 24.5 Å². The molecule has 0 aliphatic rings. The maximum atomic E-state index is 4.35. The molecule has 0 saturated heterocycles. The zero-order valence-corrected chi connectivity index (χ0v) is 7.56. The predicted octanol–water partition coefficient (Wildman–Crippen LogP) is 2.10. The van der Waals surface area contributed by atoms with Gasteiger partial charge in [0.2, 0.25) is 0 Å². The molecule has 1 aromatic rings. The second-order valence-corrected chi connectivity index (χ2v) is 2.62. The van der Waals surface area contributed by atoms with Crippen molar-refractivity contribution in [2.24, 2.45) is 0 Å². The third-order valence-electron chi connectivity index (χ3n) is 1.68. The highest BCUT2D eigenvalue weighted by Crippen LogP contribution is 2.12. The molecular formula is C11H13N2. The van der Waals surface area contributed by atoms with Gasteiger partial charge in [-0.25, -0.2) is 5.32 Å². The average Bonchev–Trinajstić information content (AvgIpc) is 2.21. The largest absolute Gasteiger partial charge is 0.264 e. The minimum atomic E-state index is 0.0340. The van der Waals surface area contributed by atoms with Gasteiger partial charge in [-0.15, -0.1) is 13.2 Å². The number of rotatable bonds is 5. The Morgan fingerprint density at radius 3 is 2.92 bits per heavy atom. The first-order valence-electron chi connectivity index (χ1n) is 4.18. The fourth-order valence-electron chi connectivity index (χ4n) is 1.06. The highest BCUT2D eigenvalue weighted by molar-refractivity contribution is 5.18. The van der Waals surface area contributed by atoms with Gasteiger partial charge in [0.05, 0.1) is 6.04 Å². The maximum absolute atomic E-state index is 4.35. The van der Waals surface area contributed by atoms with Gasteiger partial charge < -0.3 is 0 Å². The molecule has 2 nitrogen and oxygen atoms in total. The molecule has 1 aromatic heterocycles. The smallest absolute Gasteiger partial charge is 0.0692 e. The van der Waals surface area contributed by atoms with E-state index in [1.807, 2.05) is 12.1 Å². The standard InChI is InChI=1S/C11H13N2/c1-3-7-13-11(4-2)10-6-5-8-12-9-10/h3-6,8-9,11H,1-2,7H2. The minimum Gasteiger partial charge on any atom is -0.264 e. The van der Waals surface area contributed by atoms with Crippen molar-refractivity contribution in [3.63, 3.8) is 0 Å². The summed E-state index contributed by atoms with van der Waals surface area (Å²) < 4.78 is 0. The van der Waals surface area contributed by atoms with Crippen LogP contribution in [0.1, 0.15) is 11.6 Å². The van der Waals surface area contributed by atoms with E-state index in [2.05, 4.69) is 23.5 Å². The van der Waals surface area contributed by atoms with Gasteiger partial charge in [0.25, 0.3) is 0 Å². The second kappa shape index (κ2) is 5.27. The van der Waals surface area contributed by atoms with Crippen LogP contribution in [-0.4, -0.2) is 11.5 Å². The van der Waals surface area contributed by atoms with Gasteiger partial charge in [0.15, 0.2) is 0 Å². The summed E-state index contributed by atoms with van der Waals surface area (Å²) in [6.45, 7) is 8.00. The number of hydrogen-bond acceptors (Lipinski definition) is 1. The van der Waals surface area contributed by atoms with Crippen molar-refractivity contribution in [1.29, 1.82) is 0 Å². The molecule has 0 fully saturated rings. The molecule has 0 N–H and O–H groups in total. The Balaban J connectivity index is 2.66. The zero-order chi connectivity index (χ0) is 9.52. The van der Waals surface area contributed by atoms with E-state index in [9.17, 15) is 0 Å². The van der Waals surface area contributed by atoms with Crippen molar-refractivity contribution in [2.45, 2.75) is 6.04 Å². The molecule has 0 aliphatic carbocycles.